The van der Waals surface area contributed by atoms with Crippen LogP contribution in [0.4, 0.5) is 18.9 Å². The van der Waals surface area contributed by atoms with Gasteiger partial charge < -0.3 is 0 Å². The third kappa shape index (κ3) is 2.56. The Labute approximate surface area is 129 Å². The van der Waals surface area contributed by atoms with E-state index in [0.29, 0.717) is 8.99 Å². The maximum absolute atomic E-state index is 13.0. The van der Waals surface area contributed by atoms with Crippen molar-refractivity contribution in [1.82, 2.24) is 19.3 Å². The number of hydrogen-bond donors (Lipinski definition) is 0. The molecule has 0 fully saturated rings. The minimum atomic E-state index is -4.69. The molecule has 3 rings (SSSR count). The Balaban J connectivity index is 2.01. The SMILES string of the molecule is Cn1nnc(CN2C=Nc3ccccc3S2(=O)=O)c1C(F)(F)F. The molecule has 0 amide bonds. The van der Waals surface area contributed by atoms with Crippen molar-refractivity contribution in [2.24, 2.45) is 12.0 Å². The van der Waals surface area contributed by atoms with Gasteiger partial charge in [0.05, 0.1) is 12.2 Å². The summed E-state index contributed by atoms with van der Waals surface area (Å²) in [7, 11) is -2.90. The third-order valence-corrected chi connectivity index (χ3v) is 4.99. The van der Waals surface area contributed by atoms with Gasteiger partial charge in [-0.2, -0.15) is 13.2 Å². The maximum atomic E-state index is 13.0. The lowest BCUT2D eigenvalue weighted by Gasteiger charge is -2.23. The predicted molar refractivity (Wildman–Crippen MR) is 73.3 cm³/mol. The second-order valence-corrected chi connectivity index (χ2v) is 6.63. The Morgan fingerprint density at radius 2 is 1.91 bits per heavy atom. The fourth-order valence-corrected chi connectivity index (χ4v) is 3.58. The molecule has 0 radical (unpaired) electrons. The molecule has 0 saturated heterocycles. The number of para-hydroxylation sites is 1. The van der Waals surface area contributed by atoms with Gasteiger partial charge in [0.25, 0.3) is 10.0 Å². The molecule has 0 aliphatic carbocycles. The van der Waals surface area contributed by atoms with Crippen LogP contribution in [0, 0.1) is 0 Å². The Morgan fingerprint density at radius 1 is 1.22 bits per heavy atom. The van der Waals surface area contributed by atoms with Crippen LogP contribution in [0.5, 0.6) is 0 Å². The number of fused-ring (bicyclic) bond motifs is 1. The van der Waals surface area contributed by atoms with Crippen LogP contribution < -0.4 is 0 Å². The van der Waals surface area contributed by atoms with Crippen molar-refractivity contribution in [1.29, 1.82) is 0 Å². The Bertz CT molecular complexity index is 888. The normalized spacial score (nSPS) is 16.4. The third-order valence-electron chi connectivity index (χ3n) is 3.25. The molecule has 0 unspecified atom stereocenters. The summed E-state index contributed by atoms with van der Waals surface area (Å²) in [6.07, 6.45) is -3.71. The number of nitrogens with zero attached hydrogens (tertiary/aromatic N) is 5. The van der Waals surface area contributed by atoms with E-state index in [0.717, 1.165) is 13.4 Å². The van der Waals surface area contributed by atoms with Gasteiger partial charge in [-0.3, -0.25) is 0 Å². The van der Waals surface area contributed by atoms with Crippen LogP contribution in [0.1, 0.15) is 11.4 Å². The largest absolute Gasteiger partial charge is 0.434 e. The average molecular weight is 345 g/mol. The standard InChI is InChI=1S/C12H10F3N5O2S/c1-19-11(12(13,14)15)9(17-18-19)6-20-7-16-8-4-2-3-5-10(8)23(20,21)22/h2-5,7H,6H2,1H3. The number of hydrogen-bond acceptors (Lipinski definition) is 5. The number of alkyl halides is 3. The first kappa shape index (κ1) is 15.5. The molecule has 1 aliphatic rings. The van der Waals surface area contributed by atoms with E-state index in [2.05, 4.69) is 15.3 Å². The molecule has 0 atom stereocenters. The van der Waals surface area contributed by atoms with E-state index >= 15 is 0 Å². The summed E-state index contributed by atoms with van der Waals surface area (Å²) in [4.78, 5) is 3.88. The lowest BCUT2D eigenvalue weighted by atomic mass is 10.3. The van der Waals surface area contributed by atoms with Crippen molar-refractivity contribution < 1.29 is 21.6 Å². The van der Waals surface area contributed by atoms with Gasteiger partial charge in [-0.05, 0) is 12.1 Å². The molecule has 0 N–H and O–H groups in total. The van der Waals surface area contributed by atoms with Gasteiger partial charge in [-0.25, -0.2) is 22.4 Å². The summed E-state index contributed by atoms with van der Waals surface area (Å²) in [5, 5.41) is 6.74. The topological polar surface area (TPSA) is 80.5 Å². The van der Waals surface area contributed by atoms with E-state index < -0.39 is 34.1 Å². The highest BCUT2D eigenvalue weighted by atomic mass is 32.2. The molecule has 2 heterocycles. The van der Waals surface area contributed by atoms with Gasteiger partial charge in [0.15, 0.2) is 5.69 Å². The second-order valence-electron chi connectivity index (χ2n) is 4.77. The number of aromatic nitrogens is 3. The molecule has 0 spiro atoms. The summed E-state index contributed by atoms with van der Waals surface area (Å²) in [5.74, 6) is 0. The van der Waals surface area contributed by atoms with Crippen molar-refractivity contribution in [3.8, 4) is 0 Å². The van der Waals surface area contributed by atoms with Gasteiger partial charge in [0.2, 0.25) is 0 Å². The summed E-state index contributed by atoms with van der Waals surface area (Å²) < 4.78 is 65.3. The lowest BCUT2D eigenvalue weighted by molar-refractivity contribution is -0.144. The molecule has 1 aromatic carbocycles. The molecule has 11 heteroatoms. The fourth-order valence-electron chi connectivity index (χ4n) is 2.22. The Hall–Kier alpha value is -2.43. The van der Waals surface area contributed by atoms with Crippen LogP contribution in [0.25, 0.3) is 0 Å². The quantitative estimate of drug-likeness (QED) is 0.830. The first-order valence-electron chi connectivity index (χ1n) is 6.32. The van der Waals surface area contributed by atoms with Crippen LogP contribution in [-0.4, -0.2) is 34.1 Å². The molecule has 7 nitrogen and oxygen atoms in total. The molecule has 1 aromatic heterocycles. The van der Waals surface area contributed by atoms with Crippen molar-refractivity contribution in [2.75, 3.05) is 0 Å². The number of rotatable bonds is 2. The van der Waals surface area contributed by atoms with E-state index in [9.17, 15) is 21.6 Å². The molecule has 23 heavy (non-hydrogen) atoms. The molecule has 2 aromatic rings. The smallest absolute Gasteiger partial charge is 0.250 e. The Morgan fingerprint density at radius 3 is 2.61 bits per heavy atom. The zero-order chi connectivity index (χ0) is 16.8. The van der Waals surface area contributed by atoms with Crippen LogP contribution in [0.3, 0.4) is 0 Å². The monoisotopic (exact) mass is 345 g/mol. The summed E-state index contributed by atoms with van der Waals surface area (Å²) in [5.41, 5.74) is -1.35. The van der Waals surface area contributed by atoms with E-state index in [1.807, 2.05) is 0 Å². The van der Waals surface area contributed by atoms with Gasteiger partial charge in [-0.1, -0.05) is 17.3 Å². The van der Waals surface area contributed by atoms with Crippen molar-refractivity contribution in [3.63, 3.8) is 0 Å². The predicted octanol–water partition coefficient (Wildman–Crippen LogP) is 1.70. The van der Waals surface area contributed by atoms with Crippen molar-refractivity contribution in [2.45, 2.75) is 17.6 Å². The molecule has 122 valence electrons. The molecule has 0 bridgehead atoms. The van der Waals surface area contributed by atoms with Gasteiger partial charge in [0, 0.05) is 7.05 Å². The first-order valence-corrected chi connectivity index (χ1v) is 7.76. The number of aliphatic imine (C=N–C) groups is 1. The van der Waals surface area contributed by atoms with Gasteiger partial charge >= 0.3 is 6.18 Å². The highest BCUT2D eigenvalue weighted by Crippen LogP contribution is 2.34. The minimum Gasteiger partial charge on any atom is -0.250 e. The fraction of sp³-hybridized carbons (Fsp3) is 0.250. The van der Waals surface area contributed by atoms with Crippen molar-refractivity contribution >= 4 is 22.0 Å². The molecular weight excluding hydrogens is 335 g/mol. The second kappa shape index (κ2) is 5.05. The number of benzene rings is 1. The van der Waals surface area contributed by atoms with Crippen LogP contribution in [0.15, 0.2) is 34.2 Å². The lowest BCUT2D eigenvalue weighted by Crippen LogP contribution is -2.32. The summed E-state index contributed by atoms with van der Waals surface area (Å²) in [6, 6.07) is 5.98. The number of aryl methyl sites for hydroxylation is 1. The summed E-state index contributed by atoms with van der Waals surface area (Å²) >= 11 is 0. The number of halogens is 3. The zero-order valence-electron chi connectivity index (χ0n) is 11.7. The van der Waals surface area contributed by atoms with E-state index in [-0.39, 0.29) is 10.6 Å². The maximum Gasteiger partial charge on any atom is 0.434 e. The van der Waals surface area contributed by atoms with Crippen molar-refractivity contribution in [3.05, 3.63) is 35.7 Å². The average Bonchev–Trinajstić information content (AvgIpc) is 2.83. The van der Waals surface area contributed by atoms with Gasteiger partial charge in [0.1, 0.15) is 16.9 Å². The Kier molecular flexibility index (Phi) is 3.39. The summed E-state index contributed by atoms with van der Waals surface area (Å²) in [6.45, 7) is -0.608. The zero-order valence-corrected chi connectivity index (χ0v) is 12.5. The first-order chi connectivity index (χ1) is 10.7. The molecule has 1 aliphatic heterocycles. The van der Waals surface area contributed by atoms with E-state index in [1.54, 1.807) is 6.07 Å². The van der Waals surface area contributed by atoms with E-state index in [1.165, 1.54) is 18.2 Å². The van der Waals surface area contributed by atoms with Crippen LogP contribution >= 0.6 is 0 Å². The highest BCUT2D eigenvalue weighted by molar-refractivity contribution is 7.89. The minimum absolute atomic E-state index is 0.0695. The number of sulfonamides is 1. The van der Waals surface area contributed by atoms with Gasteiger partial charge in [-0.15, -0.1) is 5.10 Å². The highest BCUT2D eigenvalue weighted by Gasteiger charge is 2.40. The van der Waals surface area contributed by atoms with Crippen LogP contribution in [-0.2, 0) is 29.8 Å². The molecule has 0 saturated carbocycles. The van der Waals surface area contributed by atoms with Crippen LogP contribution in [0.2, 0.25) is 0 Å². The van der Waals surface area contributed by atoms with E-state index in [4.69, 9.17) is 0 Å². The molecular formula is C12H10F3N5O2S.